The number of piperidine rings is 1. The SMILES string of the molecule is CCC1CN(S(=O)(=O)N2CCC(C)CC2)C(CC)CN1. The number of piperazine rings is 1. The fourth-order valence-corrected chi connectivity index (χ4v) is 5.04. The van der Waals surface area contributed by atoms with E-state index in [2.05, 4.69) is 26.1 Å². The van der Waals surface area contributed by atoms with E-state index in [1.54, 1.807) is 8.61 Å². The van der Waals surface area contributed by atoms with Crippen molar-refractivity contribution in [3.8, 4) is 0 Å². The topological polar surface area (TPSA) is 52.7 Å². The predicted octanol–water partition coefficient (Wildman–Crippen LogP) is 1.43. The van der Waals surface area contributed by atoms with Gasteiger partial charge in [-0.2, -0.15) is 17.0 Å². The predicted molar refractivity (Wildman–Crippen MR) is 81.8 cm³/mol. The van der Waals surface area contributed by atoms with Gasteiger partial charge in [0.2, 0.25) is 0 Å². The summed E-state index contributed by atoms with van der Waals surface area (Å²) in [6.45, 7) is 9.14. The molecule has 118 valence electrons. The molecule has 0 spiro atoms. The fraction of sp³-hybridized carbons (Fsp3) is 1.00. The molecule has 1 N–H and O–H groups in total. The number of nitrogens with one attached hydrogen (secondary N) is 1. The van der Waals surface area contributed by atoms with Gasteiger partial charge in [0.05, 0.1) is 0 Å². The third-order valence-corrected chi connectivity index (χ3v) is 6.84. The summed E-state index contributed by atoms with van der Waals surface area (Å²) in [6.07, 6.45) is 3.81. The zero-order valence-electron chi connectivity index (χ0n) is 13.0. The molecule has 0 bridgehead atoms. The Labute approximate surface area is 123 Å². The number of hydrogen-bond acceptors (Lipinski definition) is 3. The van der Waals surface area contributed by atoms with Gasteiger partial charge in [-0.05, 0) is 31.6 Å². The van der Waals surface area contributed by atoms with Gasteiger partial charge in [-0.1, -0.05) is 20.8 Å². The van der Waals surface area contributed by atoms with Crippen LogP contribution in [0.5, 0.6) is 0 Å². The van der Waals surface area contributed by atoms with Gasteiger partial charge >= 0.3 is 0 Å². The molecule has 2 fully saturated rings. The molecule has 0 radical (unpaired) electrons. The van der Waals surface area contributed by atoms with E-state index in [9.17, 15) is 8.42 Å². The second-order valence-corrected chi connectivity index (χ2v) is 8.12. The van der Waals surface area contributed by atoms with Crippen LogP contribution in [0.1, 0.15) is 46.5 Å². The highest BCUT2D eigenvalue weighted by atomic mass is 32.2. The molecule has 0 aromatic rings. The Morgan fingerprint density at radius 3 is 2.35 bits per heavy atom. The second kappa shape index (κ2) is 6.73. The molecule has 2 unspecified atom stereocenters. The first-order valence-electron chi connectivity index (χ1n) is 7.99. The molecular formula is C14H29N3O2S. The number of nitrogens with zero attached hydrogens (tertiary/aromatic N) is 2. The summed E-state index contributed by atoms with van der Waals surface area (Å²) < 4.78 is 29.3. The van der Waals surface area contributed by atoms with Crippen LogP contribution in [-0.4, -0.2) is 55.3 Å². The van der Waals surface area contributed by atoms with Crippen LogP contribution >= 0.6 is 0 Å². The average Bonchev–Trinajstić information content (AvgIpc) is 2.47. The van der Waals surface area contributed by atoms with Crippen LogP contribution in [0.4, 0.5) is 0 Å². The first kappa shape index (κ1) is 16.2. The van der Waals surface area contributed by atoms with E-state index in [0.29, 0.717) is 25.6 Å². The lowest BCUT2D eigenvalue weighted by Crippen LogP contribution is -2.61. The molecule has 2 atom stereocenters. The summed E-state index contributed by atoms with van der Waals surface area (Å²) in [5.41, 5.74) is 0. The van der Waals surface area contributed by atoms with E-state index in [0.717, 1.165) is 32.2 Å². The lowest BCUT2D eigenvalue weighted by atomic mass is 10.0. The highest BCUT2D eigenvalue weighted by Gasteiger charge is 2.38. The van der Waals surface area contributed by atoms with Crippen LogP contribution in [0.3, 0.4) is 0 Å². The Balaban J connectivity index is 2.12. The molecule has 2 aliphatic rings. The average molecular weight is 303 g/mol. The Morgan fingerprint density at radius 1 is 1.15 bits per heavy atom. The Morgan fingerprint density at radius 2 is 1.80 bits per heavy atom. The summed E-state index contributed by atoms with van der Waals surface area (Å²) in [6, 6.07) is 0.387. The summed E-state index contributed by atoms with van der Waals surface area (Å²) >= 11 is 0. The molecular weight excluding hydrogens is 274 g/mol. The molecule has 2 heterocycles. The van der Waals surface area contributed by atoms with Crippen LogP contribution < -0.4 is 5.32 Å². The third kappa shape index (κ3) is 3.35. The highest BCUT2D eigenvalue weighted by Crippen LogP contribution is 2.24. The van der Waals surface area contributed by atoms with Crippen molar-refractivity contribution < 1.29 is 8.42 Å². The molecule has 2 aliphatic heterocycles. The normalized spacial score (nSPS) is 31.6. The van der Waals surface area contributed by atoms with Crippen LogP contribution in [0.25, 0.3) is 0 Å². The van der Waals surface area contributed by atoms with E-state index in [1.165, 1.54) is 0 Å². The first-order chi connectivity index (χ1) is 9.48. The minimum Gasteiger partial charge on any atom is -0.311 e. The minimum atomic E-state index is -3.29. The third-order valence-electron chi connectivity index (χ3n) is 4.78. The Kier molecular flexibility index (Phi) is 5.45. The monoisotopic (exact) mass is 303 g/mol. The molecule has 0 aromatic heterocycles. The second-order valence-electron chi connectivity index (χ2n) is 6.23. The van der Waals surface area contributed by atoms with E-state index in [4.69, 9.17) is 0 Å². The van der Waals surface area contributed by atoms with E-state index in [1.807, 2.05) is 0 Å². The quantitative estimate of drug-likeness (QED) is 0.855. The van der Waals surface area contributed by atoms with Crippen molar-refractivity contribution in [3.63, 3.8) is 0 Å². The van der Waals surface area contributed by atoms with Gasteiger partial charge in [-0.3, -0.25) is 0 Å². The van der Waals surface area contributed by atoms with Crippen LogP contribution in [0.2, 0.25) is 0 Å². The molecule has 5 nitrogen and oxygen atoms in total. The Bertz CT molecular complexity index is 405. The van der Waals surface area contributed by atoms with Gasteiger partial charge in [0, 0.05) is 38.3 Å². The van der Waals surface area contributed by atoms with Crippen molar-refractivity contribution >= 4 is 10.2 Å². The van der Waals surface area contributed by atoms with Crippen molar-refractivity contribution in [2.24, 2.45) is 5.92 Å². The maximum atomic E-state index is 12.9. The standard InChI is InChI=1S/C14H29N3O2S/c1-4-13-11-17(14(5-2)10-15-13)20(18,19)16-8-6-12(3)7-9-16/h12-15H,4-11H2,1-3H3. The van der Waals surface area contributed by atoms with Crippen molar-refractivity contribution in [2.75, 3.05) is 26.2 Å². The smallest absolute Gasteiger partial charge is 0.282 e. The van der Waals surface area contributed by atoms with Gasteiger partial charge in [0.15, 0.2) is 0 Å². The number of rotatable bonds is 4. The molecule has 2 saturated heterocycles. The molecule has 0 saturated carbocycles. The zero-order chi connectivity index (χ0) is 14.8. The van der Waals surface area contributed by atoms with Gasteiger partial charge in [-0.25, -0.2) is 0 Å². The molecule has 0 aliphatic carbocycles. The molecule has 2 rings (SSSR count). The van der Waals surface area contributed by atoms with Crippen LogP contribution in [0, 0.1) is 5.92 Å². The highest BCUT2D eigenvalue weighted by molar-refractivity contribution is 7.86. The van der Waals surface area contributed by atoms with Crippen LogP contribution in [0.15, 0.2) is 0 Å². The lowest BCUT2D eigenvalue weighted by Gasteiger charge is -2.42. The van der Waals surface area contributed by atoms with Crippen molar-refractivity contribution in [2.45, 2.75) is 58.5 Å². The molecule has 0 amide bonds. The maximum Gasteiger partial charge on any atom is 0.282 e. The largest absolute Gasteiger partial charge is 0.311 e. The van der Waals surface area contributed by atoms with Gasteiger partial charge in [0.25, 0.3) is 10.2 Å². The Hall–Kier alpha value is -0.170. The van der Waals surface area contributed by atoms with E-state index in [-0.39, 0.29) is 12.1 Å². The van der Waals surface area contributed by atoms with Crippen molar-refractivity contribution in [1.29, 1.82) is 0 Å². The minimum absolute atomic E-state index is 0.0992. The van der Waals surface area contributed by atoms with Gasteiger partial charge in [0.1, 0.15) is 0 Å². The van der Waals surface area contributed by atoms with Crippen molar-refractivity contribution in [3.05, 3.63) is 0 Å². The van der Waals surface area contributed by atoms with Gasteiger partial charge < -0.3 is 5.32 Å². The molecule has 0 aromatic carbocycles. The van der Waals surface area contributed by atoms with E-state index >= 15 is 0 Å². The number of hydrogen-bond donors (Lipinski definition) is 1. The van der Waals surface area contributed by atoms with Crippen LogP contribution in [-0.2, 0) is 10.2 Å². The summed E-state index contributed by atoms with van der Waals surface area (Å²) in [4.78, 5) is 0. The zero-order valence-corrected chi connectivity index (χ0v) is 13.8. The molecule has 6 heteroatoms. The summed E-state index contributed by atoms with van der Waals surface area (Å²) in [7, 11) is -3.29. The molecule has 20 heavy (non-hydrogen) atoms. The fourth-order valence-electron chi connectivity index (χ4n) is 3.10. The van der Waals surface area contributed by atoms with E-state index < -0.39 is 10.2 Å². The van der Waals surface area contributed by atoms with Gasteiger partial charge in [-0.15, -0.1) is 0 Å². The summed E-state index contributed by atoms with van der Waals surface area (Å²) in [5, 5.41) is 3.46. The summed E-state index contributed by atoms with van der Waals surface area (Å²) in [5.74, 6) is 0.648. The van der Waals surface area contributed by atoms with Crippen molar-refractivity contribution in [1.82, 2.24) is 13.9 Å². The lowest BCUT2D eigenvalue weighted by molar-refractivity contribution is 0.190. The first-order valence-corrected chi connectivity index (χ1v) is 9.39. The maximum absolute atomic E-state index is 12.9.